The minimum atomic E-state index is -1.11. The molecule has 0 radical (unpaired) electrons. The first kappa shape index (κ1) is 26.1. The van der Waals surface area contributed by atoms with E-state index in [0.717, 1.165) is 25.0 Å². The van der Waals surface area contributed by atoms with Crippen LogP contribution in [0.3, 0.4) is 0 Å². The number of carbonyl (C=O) groups is 4. The van der Waals surface area contributed by atoms with Crippen LogP contribution in [0.2, 0.25) is 0 Å². The molecule has 0 aliphatic carbocycles. The van der Waals surface area contributed by atoms with Crippen LogP contribution in [0, 0.1) is 0 Å². The zero-order valence-corrected chi connectivity index (χ0v) is 19.9. The highest BCUT2D eigenvalue weighted by molar-refractivity contribution is 8.00. The molecule has 2 fully saturated rings. The molecule has 0 aromatic rings. The molecule has 2 rings (SSSR count). The summed E-state index contributed by atoms with van der Waals surface area (Å²) in [7, 11) is 0. The predicted octanol–water partition coefficient (Wildman–Crippen LogP) is 1.98. The van der Waals surface area contributed by atoms with Gasteiger partial charge in [-0.2, -0.15) is 11.8 Å². The van der Waals surface area contributed by atoms with Gasteiger partial charge in [-0.3, -0.25) is 4.79 Å². The van der Waals surface area contributed by atoms with Crippen molar-refractivity contribution in [2.75, 3.05) is 12.3 Å². The van der Waals surface area contributed by atoms with Crippen molar-refractivity contribution >= 4 is 35.8 Å². The highest BCUT2D eigenvalue weighted by Crippen LogP contribution is 2.33. The summed E-state index contributed by atoms with van der Waals surface area (Å²) in [5, 5.41) is 20.8. The number of alkyl carbamates (subject to hydrolysis) is 1. The van der Waals surface area contributed by atoms with Crippen molar-refractivity contribution in [1.29, 1.82) is 0 Å². The summed E-state index contributed by atoms with van der Waals surface area (Å²) in [6.45, 7) is 5.60. The summed E-state index contributed by atoms with van der Waals surface area (Å²) in [5.41, 5.74) is -0.695. The average Bonchev–Trinajstić information content (AvgIpc) is 3.21. The molecule has 4 amide bonds. The molecule has 4 atom stereocenters. The molecule has 2 saturated heterocycles. The second-order valence-corrected chi connectivity index (χ2v) is 10.5. The van der Waals surface area contributed by atoms with Crippen molar-refractivity contribution in [3.63, 3.8) is 0 Å². The van der Waals surface area contributed by atoms with Gasteiger partial charge in [0.25, 0.3) is 0 Å². The lowest BCUT2D eigenvalue weighted by Gasteiger charge is -2.22. The molecule has 0 bridgehead atoms. The Morgan fingerprint density at radius 1 is 1.19 bits per heavy atom. The van der Waals surface area contributed by atoms with E-state index in [2.05, 4.69) is 21.3 Å². The molecule has 5 N–H and O–H groups in total. The van der Waals surface area contributed by atoms with E-state index in [1.807, 2.05) is 11.8 Å². The number of aliphatic carboxylic acids is 1. The Labute approximate surface area is 193 Å². The van der Waals surface area contributed by atoms with Gasteiger partial charge < -0.3 is 31.1 Å². The van der Waals surface area contributed by atoms with Crippen molar-refractivity contribution in [3.8, 4) is 0 Å². The van der Waals surface area contributed by atoms with Crippen LogP contribution < -0.4 is 21.3 Å². The number of hydrogen-bond donors (Lipinski definition) is 5. The number of urea groups is 1. The molecule has 32 heavy (non-hydrogen) atoms. The second kappa shape index (κ2) is 12.2. The van der Waals surface area contributed by atoms with Crippen LogP contribution in [-0.4, -0.2) is 70.4 Å². The van der Waals surface area contributed by atoms with Crippen molar-refractivity contribution in [2.24, 2.45) is 0 Å². The molecule has 2 aliphatic heterocycles. The maximum absolute atomic E-state index is 12.0. The molecule has 0 aromatic carbocycles. The lowest BCUT2D eigenvalue weighted by Crippen LogP contribution is -2.43. The first-order valence-corrected chi connectivity index (χ1v) is 12.3. The number of rotatable bonds is 12. The Morgan fingerprint density at radius 2 is 1.94 bits per heavy atom. The fraction of sp³-hybridized carbons (Fsp3) is 0.810. The Morgan fingerprint density at radius 3 is 2.62 bits per heavy atom. The number of nitrogens with one attached hydrogen (secondary N) is 4. The van der Waals surface area contributed by atoms with Crippen LogP contribution in [-0.2, 0) is 14.3 Å². The largest absolute Gasteiger partial charge is 0.480 e. The summed E-state index contributed by atoms with van der Waals surface area (Å²) in [6.07, 6.45) is 3.83. The summed E-state index contributed by atoms with van der Waals surface area (Å²) in [4.78, 5) is 46.5. The highest BCUT2D eigenvalue weighted by Gasteiger charge is 2.42. The van der Waals surface area contributed by atoms with Gasteiger partial charge in [0.1, 0.15) is 11.6 Å². The number of carboxylic acid groups (broad SMARTS) is 1. The van der Waals surface area contributed by atoms with E-state index in [9.17, 15) is 24.3 Å². The smallest absolute Gasteiger partial charge is 0.408 e. The van der Waals surface area contributed by atoms with Gasteiger partial charge in [-0.1, -0.05) is 6.42 Å². The zero-order chi connectivity index (χ0) is 23.7. The van der Waals surface area contributed by atoms with Crippen LogP contribution in [0.15, 0.2) is 0 Å². The fourth-order valence-electron chi connectivity index (χ4n) is 3.77. The van der Waals surface area contributed by atoms with Crippen molar-refractivity contribution < 1.29 is 29.0 Å². The average molecular weight is 473 g/mol. The van der Waals surface area contributed by atoms with Crippen LogP contribution in [0.25, 0.3) is 0 Å². The van der Waals surface area contributed by atoms with E-state index in [1.165, 1.54) is 0 Å². The summed E-state index contributed by atoms with van der Waals surface area (Å²) >= 11 is 1.87. The maximum Gasteiger partial charge on any atom is 0.408 e. The lowest BCUT2D eigenvalue weighted by molar-refractivity contribution is -0.139. The SMILES string of the molecule is CC(C)(C)OC(=O)N[C@H](CCCCNC(=O)CCCC[C@@H]1SC[C@H]2NC(=O)N[C@H]12)C(=O)O. The van der Waals surface area contributed by atoms with Gasteiger partial charge in [0.2, 0.25) is 5.91 Å². The summed E-state index contributed by atoms with van der Waals surface area (Å²) in [6, 6.07) is -0.685. The van der Waals surface area contributed by atoms with Crippen LogP contribution in [0.4, 0.5) is 9.59 Å². The molecule has 0 unspecified atom stereocenters. The normalized spacial score (nSPS) is 23.0. The van der Waals surface area contributed by atoms with E-state index in [4.69, 9.17) is 4.74 Å². The highest BCUT2D eigenvalue weighted by atomic mass is 32.2. The third-order valence-corrected chi connectivity index (χ3v) is 6.82. The second-order valence-electron chi connectivity index (χ2n) is 9.25. The number of carbonyl (C=O) groups excluding carboxylic acids is 3. The van der Waals surface area contributed by atoms with Crippen molar-refractivity contribution in [2.45, 2.75) is 94.7 Å². The number of carboxylic acids is 1. The third-order valence-electron chi connectivity index (χ3n) is 5.31. The molecule has 0 aromatic heterocycles. The zero-order valence-electron chi connectivity index (χ0n) is 19.1. The maximum atomic E-state index is 12.0. The number of thioether (sulfide) groups is 1. The molecular formula is C21H36N4O6S. The van der Waals surface area contributed by atoms with Gasteiger partial charge >= 0.3 is 18.1 Å². The van der Waals surface area contributed by atoms with E-state index in [1.54, 1.807) is 20.8 Å². The topological polar surface area (TPSA) is 146 Å². The Bertz CT molecular complexity index is 684. The van der Waals surface area contributed by atoms with Gasteiger partial charge in [0, 0.05) is 24.0 Å². The number of hydrogen-bond acceptors (Lipinski definition) is 6. The molecule has 0 saturated carbocycles. The number of fused-ring (bicyclic) bond motifs is 1. The van der Waals surface area contributed by atoms with Crippen LogP contribution in [0.5, 0.6) is 0 Å². The number of ether oxygens (including phenoxy) is 1. The quantitative estimate of drug-likeness (QED) is 0.216. The van der Waals surface area contributed by atoms with Crippen molar-refractivity contribution in [1.82, 2.24) is 21.3 Å². The first-order chi connectivity index (χ1) is 15.0. The fourth-order valence-corrected chi connectivity index (χ4v) is 5.31. The molecule has 11 heteroatoms. The van der Waals surface area contributed by atoms with Gasteiger partial charge in [-0.25, -0.2) is 14.4 Å². The van der Waals surface area contributed by atoms with E-state index >= 15 is 0 Å². The van der Waals surface area contributed by atoms with Gasteiger partial charge in [0.05, 0.1) is 12.1 Å². The molecule has 182 valence electrons. The molecule has 0 spiro atoms. The molecule has 2 heterocycles. The van der Waals surface area contributed by atoms with Gasteiger partial charge in [0.15, 0.2) is 0 Å². The monoisotopic (exact) mass is 472 g/mol. The Balaban J connectivity index is 1.51. The minimum Gasteiger partial charge on any atom is -0.480 e. The number of amides is 4. The number of unbranched alkanes of at least 4 members (excludes halogenated alkanes) is 2. The van der Waals surface area contributed by atoms with Crippen LogP contribution in [0.1, 0.15) is 65.7 Å². The van der Waals surface area contributed by atoms with Crippen molar-refractivity contribution in [3.05, 3.63) is 0 Å². The summed E-state index contributed by atoms with van der Waals surface area (Å²) in [5.74, 6) is -0.191. The molecular weight excluding hydrogens is 436 g/mol. The predicted molar refractivity (Wildman–Crippen MR) is 122 cm³/mol. The molecule has 2 aliphatic rings. The van der Waals surface area contributed by atoms with E-state index < -0.39 is 23.7 Å². The Kier molecular flexibility index (Phi) is 9.92. The molecule has 10 nitrogen and oxygen atoms in total. The van der Waals surface area contributed by atoms with E-state index in [-0.39, 0.29) is 30.4 Å². The summed E-state index contributed by atoms with van der Waals surface area (Å²) < 4.78 is 5.09. The first-order valence-electron chi connectivity index (χ1n) is 11.2. The lowest BCUT2D eigenvalue weighted by atomic mass is 10.0. The minimum absolute atomic E-state index is 0.0144. The van der Waals surface area contributed by atoms with E-state index in [0.29, 0.717) is 31.1 Å². The van der Waals surface area contributed by atoms with Gasteiger partial charge in [-0.05, 0) is 52.9 Å². The standard InChI is InChI=1S/C21H36N4O6S/c1-21(2,3)31-20(30)24-13(18(27)28)8-6-7-11-22-16(26)10-5-4-9-15-17-14(12-32-15)23-19(29)25-17/h13-15,17H,4-12H2,1-3H3,(H,22,26)(H,24,30)(H,27,28)(H2,23,25,29)/t13-,14-,15+,17+/m1/s1. The third kappa shape index (κ3) is 9.13. The van der Waals surface area contributed by atoms with Crippen LogP contribution >= 0.6 is 11.8 Å². The Hall–Kier alpha value is -2.17. The van der Waals surface area contributed by atoms with Gasteiger partial charge in [-0.15, -0.1) is 0 Å².